The number of hydrogen-bond donors (Lipinski definition) is 1. The molecule has 2 atom stereocenters. The molecule has 0 aliphatic carbocycles. The molecule has 2 aliphatic rings. The number of ether oxygens (including phenoxy) is 1. The van der Waals surface area contributed by atoms with E-state index in [2.05, 4.69) is 29.8 Å². The van der Waals surface area contributed by atoms with Crippen LogP contribution in [0.5, 0.6) is 5.75 Å². The highest BCUT2D eigenvalue weighted by molar-refractivity contribution is 7.80. The molecule has 0 amide bonds. The number of fused-ring (bicyclic) bond motifs is 4. The SMILES string of the molecule is C=C(C)CN1C(=S)NC2CC1(C)Oc1ccc(CCl)cc12. The molecule has 112 valence electrons. The van der Waals surface area contributed by atoms with Gasteiger partial charge in [-0.1, -0.05) is 18.2 Å². The number of benzene rings is 1. The van der Waals surface area contributed by atoms with Crippen LogP contribution in [0.25, 0.3) is 0 Å². The van der Waals surface area contributed by atoms with Crippen molar-refractivity contribution in [1.82, 2.24) is 10.2 Å². The van der Waals surface area contributed by atoms with E-state index in [0.29, 0.717) is 12.4 Å². The number of thiocarbonyl (C=S) groups is 1. The predicted octanol–water partition coefficient (Wildman–Crippen LogP) is 3.73. The molecule has 3 rings (SSSR count). The fourth-order valence-corrected chi connectivity index (χ4v) is 3.62. The summed E-state index contributed by atoms with van der Waals surface area (Å²) in [6.07, 6.45) is 0.846. The maximum Gasteiger partial charge on any atom is 0.184 e. The third kappa shape index (κ3) is 2.51. The lowest BCUT2D eigenvalue weighted by Crippen LogP contribution is -2.64. The van der Waals surface area contributed by atoms with E-state index in [0.717, 1.165) is 34.0 Å². The van der Waals surface area contributed by atoms with E-state index in [1.54, 1.807) is 0 Å². The van der Waals surface area contributed by atoms with E-state index < -0.39 is 5.72 Å². The topological polar surface area (TPSA) is 24.5 Å². The second-order valence-corrected chi connectivity index (χ2v) is 6.69. The Morgan fingerprint density at radius 1 is 1.62 bits per heavy atom. The van der Waals surface area contributed by atoms with Crippen LogP contribution in [0.15, 0.2) is 30.4 Å². The normalized spacial score (nSPS) is 26.7. The Balaban J connectivity index is 2.00. The molecule has 5 heteroatoms. The first-order valence-corrected chi connectivity index (χ1v) is 7.97. The molecule has 0 radical (unpaired) electrons. The summed E-state index contributed by atoms with van der Waals surface area (Å²) in [7, 11) is 0. The van der Waals surface area contributed by atoms with E-state index in [-0.39, 0.29) is 6.04 Å². The summed E-state index contributed by atoms with van der Waals surface area (Å²) < 4.78 is 6.29. The molecule has 0 saturated carbocycles. The van der Waals surface area contributed by atoms with Crippen molar-refractivity contribution in [2.45, 2.75) is 37.9 Å². The Kier molecular flexibility index (Phi) is 3.62. The molecular formula is C16H19ClN2OS. The maximum absolute atomic E-state index is 6.29. The van der Waals surface area contributed by atoms with Gasteiger partial charge in [0.15, 0.2) is 10.8 Å². The highest BCUT2D eigenvalue weighted by Crippen LogP contribution is 2.44. The molecule has 1 saturated heterocycles. The molecule has 21 heavy (non-hydrogen) atoms. The average molecular weight is 323 g/mol. The quantitative estimate of drug-likeness (QED) is 0.520. The van der Waals surface area contributed by atoms with Crippen LogP contribution in [0.3, 0.4) is 0 Å². The zero-order valence-electron chi connectivity index (χ0n) is 12.3. The van der Waals surface area contributed by atoms with Crippen LogP contribution in [-0.2, 0) is 5.88 Å². The Labute approximate surface area is 135 Å². The fraction of sp³-hybridized carbons (Fsp3) is 0.438. The first kappa shape index (κ1) is 14.7. The summed E-state index contributed by atoms with van der Waals surface area (Å²) in [4.78, 5) is 2.08. The van der Waals surface area contributed by atoms with Crippen molar-refractivity contribution < 1.29 is 4.74 Å². The fourth-order valence-electron chi connectivity index (χ4n) is 3.06. The molecule has 1 N–H and O–H groups in total. The van der Waals surface area contributed by atoms with Gasteiger partial charge in [-0.2, -0.15) is 0 Å². The van der Waals surface area contributed by atoms with Gasteiger partial charge in [-0.25, -0.2) is 0 Å². The first-order valence-electron chi connectivity index (χ1n) is 7.03. The number of nitrogens with zero attached hydrogens (tertiary/aromatic N) is 1. The minimum absolute atomic E-state index is 0.177. The van der Waals surface area contributed by atoms with Crippen LogP contribution in [0.1, 0.15) is 37.4 Å². The Morgan fingerprint density at radius 2 is 2.38 bits per heavy atom. The van der Waals surface area contributed by atoms with Crippen LogP contribution in [-0.4, -0.2) is 22.3 Å². The van der Waals surface area contributed by atoms with Gasteiger partial charge in [-0.15, -0.1) is 11.6 Å². The second kappa shape index (κ2) is 5.18. The highest BCUT2D eigenvalue weighted by atomic mass is 35.5. The van der Waals surface area contributed by atoms with Crippen molar-refractivity contribution in [2.24, 2.45) is 0 Å². The van der Waals surface area contributed by atoms with Gasteiger partial charge in [0, 0.05) is 24.4 Å². The molecule has 2 bridgehead atoms. The second-order valence-electron chi connectivity index (χ2n) is 6.03. The number of halogens is 1. The molecule has 1 aromatic rings. The molecule has 2 unspecified atom stereocenters. The summed E-state index contributed by atoms with van der Waals surface area (Å²) >= 11 is 11.5. The smallest absolute Gasteiger partial charge is 0.184 e. The minimum atomic E-state index is -0.429. The van der Waals surface area contributed by atoms with Crippen LogP contribution in [0.4, 0.5) is 0 Å². The van der Waals surface area contributed by atoms with Crippen LogP contribution in [0.2, 0.25) is 0 Å². The maximum atomic E-state index is 6.29. The standard InChI is InChI=1S/C16H19ClN2OS/c1-10(2)9-19-15(21)18-13-7-16(19,3)20-14-5-4-11(8-17)6-12(13)14/h4-6,13H,1,7-9H2,2-3H3,(H,18,21). The molecule has 0 aromatic heterocycles. The van der Waals surface area contributed by atoms with E-state index in [1.165, 1.54) is 0 Å². The van der Waals surface area contributed by atoms with Crippen LogP contribution < -0.4 is 10.1 Å². The Morgan fingerprint density at radius 3 is 3.05 bits per heavy atom. The van der Waals surface area contributed by atoms with Gasteiger partial charge < -0.3 is 15.0 Å². The lowest BCUT2D eigenvalue weighted by atomic mass is 9.89. The largest absolute Gasteiger partial charge is 0.468 e. The average Bonchev–Trinajstić information content (AvgIpc) is 2.42. The van der Waals surface area contributed by atoms with Gasteiger partial charge in [0.2, 0.25) is 0 Å². The Hall–Kier alpha value is -1.26. The molecule has 2 aliphatic heterocycles. The summed E-state index contributed by atoms with van der Waals surface area (Å²) in [5.41, 5.74) is 2.87. The highest BCUT2D eigenvalue weighted by Gasteiger charge is 2.47. The monoisotopic (exact) mass is 322 g/mol. The Bertz CT molecular complexity index is 618. The summed E-state index contributed by atoms with van der Waals surface area (Å²) in [5, 5.41) is 4.15. The first-order chi connectivity index (χ1) is 9.93. The molecular weight excluding hydrogens is 304 g/mol. The van der Waals surface area contributed by atoms with Gasteiger partial charge in [-0.05, 0) is 43.8 Å². The minimum Gasteiger partial charge on any atom is -0.468 e. The molecule has 3 nitrogen and oxygen atoms in total. The van der Waals surface area contributed by atoms with E-state index in [1.807, 2.05) is 19.1 Å². The number of nitrogens with one attached hydrogen (secondary N) is 1. The molecule has 2 heterocycles. The molecule has 1 aromatic carbocycles. The summed E-state index contributed by atoms with van der Waals surface area (Å²) in [6.45, 7) is 8.78. The molecule has 1 fully saturated rings. The summed E-state index contributed by atoms with van der Waals surface area (Å²) in [6, 6.07) is 6.30. The third-order valence-corrected chi connectivity index (χ3v) is 4.71. The van der Waals surface area contributed by atoms with Crippen molar-refractivity contribution in [2.75, 3.05) is 6.54 Å². The predicted molar refractivity (Wildman–Crippen MR) is 89.6 cm³/mol. The number of hydrogen-bond acceptors (Lipinski definition) is 2. The summed E-state index contributed by atoms with van der Waals surface area (Å²) in [5.74, 6) is 1.41. The van der Waals surface area contributed by atoms with Crippen molar-refractivity contribution >= 4 is 28.9 Å². The lowest BCUT2D eigenvalue weighted by Gasteiger charge is -2.52. The van der Waals surface area contributed by atoms with E-state index in [9.17, 15) is 0 Å². The lowest BCUT2D eigenvalue weighted by molar-refractivity contribution is -0.0641. The van der Waals surface area contributed by atoms with Crippen LogP contribution in [0, 0.1) is 0 Å². The van der Waals surface area contributed by atoms with E-state index >= 15 is 0 Å². The third-order valence-electron chi connectivity index (χ3n) is 4.06. The van der Waals surface area contributed by atoms with Gasteiger partial charge >= 0.3 is 0 Å². The van der Waals surface area contributed by atoms with Crippen molar-refractivity contribution in [3.63, 3.8) is 0 Å². The van der Waals surface area contributed by atoms with Gasteiger partial charge in [0.1, 0.15) is 5.75 Å². The zero-order chi connectivity index (χ0) is 15.2. The zero-order valence-corrected chi connectivity index (χ0v) is 13.9. The van der Waals surface area contributed by atoms with E-state index in [4.69, 9.17) is 28.6 Å². The number of alkyl halides is 1. The number of rotatable bonds is 3. The van der Waals surface area contributed by atoms with Gasteiger partial charge in [0.25, 0.3) is 0 Å². The van der Waals surface area contributed by atoms with Crippen LogP contribution >= 0.6 is 23.8 Å². The van der Waals surface area contributed by atoms with Crippen molar-refractivity contribution in [3.05, 3.63) is 41.5 Å². The van der Waals surface area contributed by atoms with Crippen molar-refractivity contribution in [3.8, 4) is 5.75 Å². The molecule has 0 spiro atoms. The van der Waals surface area contributed by atoms with Crippen molar-refractivity contribution in [1.29, 1.82) is 0 Å². The van der Waals surface area contributed by atoms with Gasteiger partial charge in [-0.3, -0.25) is 0 Å². The van der Waals surface area contributed by atoms with Gasteiger partial charge in [0.05, 0.1) is 6.04 Å².